The minimum Gasteiger partial charge on any atom is -0.722 e. The molecule has 3 aromatic carbocycles. The molecule has 0 saturated heterocycles. The van der Waals surface area contributed by atoms with Crippen molar-refractivity contribution >= 4 is 38.3 Å². The molecule has 0 radical (unpaired) electrons. The second-order valence-electron chi connectivity index (χ2n) is 6.40. The number of carboxylic acids is 1. The largest absolute Gasteiger partial charge is 0.722 e. The standard InChI is InChI=1S/C22H17NO3.FHO3S/c1-2-26-18-13-12-17-21(19(18)14-8-4-3-5-9-14)20(22(24)25)15-10-6-7-11-16(15)23-17;1-5(2,3)4/h3-13H,2H2,1H3,(H,24,25);(H,2,3,4). The molecular formula is C22H18FNO6S. The molecule has 4 rings (SSSR count). The molecule has 0 atom stereocenters. The highest BCUT2D eigenvalue weighted by molar-refractivity contribution is 7.80. The third kappa shape index (κ3) is 5.14. The van der Waals surface area contributed by atoms with Gasteiger partial charge in [0.05, 0.1) is 22.9 Å². The SMILES string of the molecule is CCOc1ccc2[nH+]c3ccccc3c(C(=O)O)c2c1-c1ccccc1.O=S(=O)([O-])F. The van der Waals surface area contributed by atoms with Gasteiger partial charge in [0.1, 0.15) is 5.75 Å². The molecule has 0 aliphatic heterocycles. The molecule has 0 bridgehead atoms. The normalized spacial score (nSPS) is 11.1. The summed E-state index contributed by atoms with van der Waals surface area (Å²) in [5.41, 5.74) is 3.57. The smallest absolute Gasteiger partial charge is 0.337 e. The fourth-order valence-electron chi connectivity index (χ4n) is 3.43. The third-order valence-electron chi connectivity index (χ3n) is 4.46. The maximum atomic E-state index is 12.2. The molecule has 2 N–H and O–H groups in total. The fourth-order valence-corrected chi connectivity index (χ4v) is 3.43. The van der Waals surface area contributed by atoms with Crippen LogP contribution < -0.4 is 9.72 Å². The number of benzene rings is 3. The van der Waals surface area contributed by atoms with Gasteiger partial charge >= 0.3 is 5.97 Å². The summed E-state index contributed by atoms with van der Waals surface area (Å²) in [5, 5.41) is 11.4. The van der Waals surface area contributed by atoms with Crippen molar-refractivity contribution in [3.8, 4) is 16.9 Å². The molecule has 0 spiro atoms. The number of H-pyrrole nitrogens is 1. The summed E-state index contributed by atoms with van der Waals surface area (Å²) in [4.78, 5) is 15.6. The van der Waals surface area contributed by atoms with Gasteiger partial charge in [0.2, 0.25) is 11.0 Å². The van der Waals surface area contributed by atoms with Crippen molar-refractivity contribution in [1.82, 2.24) is 0 Å². The van der Waals surface area contributed by atoms with Crippen molar-refractivity contribution in [1.29, 1.82) is 0 Å². The number of aromatic nitrogens is 1. The van der Waals surface area contributed by atoms with Crippen molar-refractivity contribution in [2.75, 3.05) is 6.61 Å². The Morgan fingerprint density at radius 2 is 1.65 bits per heavy atom. The Bertz CT molecular complexity index is 1350. The molecular weight excluding hydrogens is 425 g/mol. The highest BCUT2D eigenvalue weighted by Crippen LogP contribution is 2.39. The average molecular weight is 443 g/mol. The van der Waals surface area contributed by atoms with Crippen LogP contribution in [0.1, 0.15) is 17.3 Å². The minimum atomic E-state index is -5.42. The quantitative estimate of drug-likeness (QED) is 0.289. The topological polar surface area (TPSA) is 118 Å². The fraction of sp³-hybridized carbons (Fsp3) is 0.0909. The number of rotatable bonds is 4. The number of carbonyl (C=O) groups is 1. The zero-order chi connectivity index (χ0) is 22.6. The van der Waals surface area contributed by atoms with Crippen LogP contribution in [-0.4, -0.2) is 30.7 Å². The van der Waals surface area contributed by atoms with Gasteiger partial charge in [-0.1, -0.05) is 42.5 Å². The summed E-state index contributed by atoms with van der Waals surface area (Å²) in [7, 11) is -5.42. The zero-order valence-corrected chi connectivity index (χ0v) is 17.1. The summed E-state index contributed by atoms with van der Waals surface area (Å²) >= 11 is 0. The van der Waals surface area contributed by atoms with Crippen LogP contribution in [0.25, 0.3) is 32.9 Å². The van der Waals surface area contributed by atoms with Gasteiger partial charge < -0.3 is 14.4 Å². The number of fused-ring (bicyclic) bond motifs is 2. The van der Waals surface area contributed by atoms with Crippen molar-refractivity contribution in [2.24, 2.45) is 0 Å². The van der Waals surface area contributed by atoms with Crippen LogP contribution in [0.5, 0.6) is 5.75 Å². The lowest BCUT2D eigenvalue weighted by atomic mass is 9.93. The van der Waals surface area contributed by atoms with Crippen LogP contribution in [0.3, 0.4) is 0 Å². The van der Waals surface area contributed by atoms with E-state index >= 15 is 0 Å². The second-order valence-corrected chi connectivity index (χ2v) is 7.19. The van der Waals surface area contributed by atoms with E-state index in [4.69, 9.17) is 17.7 Å². The summed E-state index contributed by atoms with van der Waals surface area (Å²) in [6, 6.07) is 21.0. The van der Waals surface area contributed by atoms with E-state index in [1.54, 1.807) is 0 Å². The predicted molar refractivity (Wildman–Crippen MR) is 112 cm³/mol. The number of para-hydroxylation sites is 1. The van der Waals surface area contributed by atoms with Gasteiger partial charge in [-0.25, -0.2) is 18.2 Å². The first-order chi connectivity index (χ1) is 14.7. The van der Waals surface area contributed by atoms with Crippen molar-refractivity contribution in [3.63, 3.8) is 0 Å². The Kier molecular flexibility index (Phi) is 6.47. The van der Waals surface area contributed by atoms with Crippen LogP contribution >= 0.6 is 0 Å². The Morgan fingerprint density at radius 1 is 1.03 bits per heavy atom. The number of nitrogens with one attached hydrogen (secondary N) is 1. The van der Waals surface area contributed by atoms with Crippen LogP contribution in [0.2, 0.25) is 0 Å². The van der Waals surface area contributed by atoms with Gasteiger partial charge in [-0.05, 0) is 24.6 Å². The number of hydrogen-bond acceptors (Lipinski definition) is 5. The molecule has 1 aromatic heterocycles. The lowest BCUT2D eigenvalue weighted by Crippen LogP contribution is -2.12. The molecule has 0 aliphatic carbocycles. The molecule has 7 nitrogen and oxygen atoms in total. The Morgan fingerprint density at radius 3 is 2.26 bits per heavy atom. The van der Waals surface area contributed by atoms with E-state index in [1.807, 2.05) is 73.7 Å². The minimum absolute atomic E-state index is 0.287. The zero-order valence-electron chi connectivity index (χ0n) is 16.3. The third-order valence-corrected chi connectivity index (χ3v) is 4.46. The lowest BCUT2D eigenvalue weighted by Gasteiger charge is -2.14. The van der Waals surface area contributed by atoms with E-state index in [1.165, 1.54) is 0 Å². The molecule has 1 heterocycles. The maximum Gasteiger partial charge on any atom is 0.337 e. The Balaban J connectivity index is 0.000000491. The number of carboxylic acid groups (broad SMARTS) is 1. The van der Waals surface area contributed by atoms with E-state index in [-0.39, 0.29) is 5.56 Å². The number of ether oxygens (including phenoxy) is 1. The van der Waals surface area contributed by atoms with Crippen molar-refractivity contribution < 1.29 is 36.5 Å². The Hall–Kier alpha value is -3.56. The summed E-state index contributed by atoms with van der Waals surface area (Å²) in [5.74, 6) is -0.275. The van der Waals surface area contributed by atoms with Gasteiger partial charge in [-0.3, -0.25) is 0 Å². The number of aromatic carboxylic acids is 1. The monoisotopic (exact) mass is 443 g/mol. The molecule has 0 saturated carbocycles. The van der Waals surface area contributed by atoms with Gasteiger partial charge in [0, 0.05) is 17.7 Å². The van der Waals surface area contributed by atoms with E-state index in [2.05, 4.69) is 4.98 Å². The van der Waals surface area contributed by atoms with Crippen molar-refractivity contribution in [3.05, 3.63) is 72.3 Å². The lowest BCUT2D eigenvalue weighted by molar-refractivity contribution is -0.310. The first kappa shape index (κ1) is 22.1. The summed E-state index contributed by atoms with van der Waals surface area (Å²) in [6.07, 6.45) is 0. The second kappa shape index (κ2) is 9.07. The first-order valence-electron chi connectivity index (χ1n) is 9.18. The molecule has 31 heavy (non-hydrogen) atoms. The Labute approximate surface area is 177 Å². The first-order valence-corrected chi connectivity index (χ1v) is 10.5. The molecule has 9 heteroatoms. The van der Waals surface area contributed by atoms with Crippen LogP contribution in [0.4, 0.5) is 3.89 Å². The van der Waals surface area contributed by atoms with Crippen LogP contribution in [0, 0.1) is 0 Å². The molecule has 0 fully saturated rings. The summed E-state index contributed by atoms with van der Waals surface area (Å²) < 4.78 is 41.2. The van der Waals surface area contributed by atoms with E-state index in [0.29, 0.717) is 23.1 Å². The highest BCUT2D eigenvalue weighted by Gasteiger charge is 2.24. The molecule has 0 amide bonds. The molecule has 4 aromatic rings. The average Bonchev–Trinajstić information content (AvgIpc) is 2.71. The van der Waals surface area contributed by atoms with Gasteiger partial charge in [0.25, 0.3) is 10.5 Å². The molecule has 0 unspecified atom stereocenters. The van der Waals surface area contributed by atoms with E-state index in [9.17, 15) is 13.8 Å². The van der Waals surface area contributed by atoms with Gasteiger partial charge in [-0.15, -0.1) is 3.89 Å². The molecule has 0 aliphatic rings. The van der Waals surface area contributed by atoms with Gasteiger partial charge in [0.15, 0.2) is 0 Å². The maximum absolute atomic E-state index is 12.2. The number of pyridine rings is 1. The van der Waals surface area contributed by atoms with Crippen LogP contribution in [-0.2, 0) is 10.5 Å². The highest BCUT2D eigenvalue weighted by atomic mass is 32.3. The summed E-state index contributed by atoms with van der Waals surface area (Å²) in [6.45, 7) is 2.43. The van der Waals surface area contributed by atoms with E-state index < -0.39 is 16.5 Å². The van der Waals surface area contributed by atoms with Crippen molar-refractivity contribution in [2.45, 2.75) is 6.92 Å². The van der Waals surface area contributed by atoms with Crippen LogP contribution in [0.15, 0.2) is 66.7 Å². The van der Waals surface area contributed by atoms with Gasteiger partial charge in [-0.2, -0.15) is 0 Å². The predicted octanol–water partition coefficient (Wildman–Crippen LogP) is 3.99. The van der Waals surface area contributed by atoms with E-state index in [0.717, 1.165) is 22.2 Å². The molecule has 160 valence electrons. The number of aromatic amines is 1. The number of hydrogen-bond donors (Lipinski definition) is 1. The number of halogens is 1.